The van der Waals surface area contributed by atoms with Gasteiger partial charge in [-0.1, -0.05) is 42.5 Å². The van der Waals surface area contributed by atoms with Crippen LogP contribution < -0.4 is 5.32 Å². The van der Waals surface area contributed by atoms with Gasteiger partial charge in [-0.25, -0.2) is 0 Å². The molecule has 0 spiro atoms. The fourth-order valence-corrected chi connectivity index (χ4v) is 2.99. The molecule has 0 fully saturated rings. The Morgan fingerprint density at radius 3 is 2.54 bits per heavy atom. The van der Waals surface area contributed by atoms with Crippen molar-refractivity contribution in [3.63, 3.8) is 0 Å². The van der Waals surface area contributed by atoms with Gasteiger partial charge in [0.2, 0.25) is 5.91 Å². The molecule has 0 bridgehead atoms. The molecule has 2 aromatic rings. The molecule has 24 heavy (non-hydrogen) atoms. The van der Waals surface area contributed by atoms with E-state index in [2.05, 4.69) is 10.1 Å². The monoisotopic (exact) mass is 347 g/mol. The number of rotatable bonds is 7. The summed E-state index contributed by atoms with van der Waals surface area (Å²) in [6, 6.07) is 14.0. The molecule has 0 aliphatic carbocycles. The zero-order chi connectivity index (χ0) is 17.5. The average Bonchev–Trinajstić information content (AvgIpc) is 2.60. The van der Waals surface area contributed by atoms with Gasteiger partial charge in [-0.05, 0) is 29.2 Å². The normalized spacial score (nSPS) is 13.3. The molecule has 4 nitrogen and oxygen atoms in total. The zero-order valence-electron chi connectivity index (χ0n) is 13.9. The second-order valence-corrected chi connectivity index (χ2v) is 6.17. The summed E-state index contributed by atoms with van der Waals surface area (Å²) in [7, 11) is 1.33. The molecule has 0 unspecified atom stereocenters. The van der Waals surface area contributed by atoms with E-state index in [1.54, 1.807) is 0 Å². The van der Waals surface area contributed by atoms with Crippen LogP contribution in [-0.2, 0) is 14.3 Å². The van der Waals surface area contributed by atoms with E-state index in [1.165, 1.54) is 7.11 Å². The lowest BCUT2D eigenvalue weighted by atomic mass is 9.98. The second-order valence-electron chi connectivity index (χ2n) is 5.86. The summed E-state index contributed by atoms with van der Waals surface area (Å²) in [5.74, 6) is -0.454. The number of carbonyl (C=O) groups excluding carboxylic acids is 2. The Bertz CT molecular complexity index is 711. The summed E-state index contributed by atoms with van der Waals surface area (Å²) in [6.45, 7) is 1.95. The fourth-order valence-electron chi connectivity index (χ4n) is 2.77. The minimum absolute atomic E-state index is 0.120. The number of fused-ring (bicyclic) bond motifs is 1. The summed E-state index contributed by atoms with van der Waals surface area (Å²) in [5, 5.41) is 5.26. The van der Waals surface area contributed by atoms with Crippen LogP contribution in [0.2, 0.25) is 0 Å². The molecular formula is C19H22ClNO3. The van der Waals surface area contributed by atoms with Crippen LogP contribution in [0.15, 0.2) is 42.5 Å². The number of hydrogen-bond acceptors (Lipinski definition) is 3. The quantitative estimate of drug-likeness (QED) is 0.611. The fraction of sp³-hybridized carbons (Fsp3) is 0.368. The van der Waals surface area contributed by atoms with E-state index in [9.17, 15) is 9.59 Å². The van der Waals surface area contributed by atoms with Crippen molar-refractivity contribution < 1.29 is 14.3 Å². The Kier molecular flexibility index (Phi) is 6.62. The standard InChI is InChI=1S/C19H22ClNO3/c1-13(16-9-5-7-15-6-3-4-8-17(15)16)21-18(22)10-14(12-20)11-19(23)24-2/h3-9,13-14H,10-12H2,1-2H3,(H,21,22)/t13-,14+/m0/s1. The van der Waals surface area contributed by atoms with Gasteiger partial charge >= 0.3 is 5.97 Å². The van der Waals surface area contributed by atoms with Crippen molar-refractivity contribution in [2.45, 2.75) is 25.8 Å². The maximum absolute atomic E-state index is 12.3. The molecule has 1 amide bonds. The number of methoxy groups -OCH3 is 1. The molecular weight excluding hydrogens is 326 g/mol. The number of ether oxygens (including phenoxy) is 1. The molecule has 0 aliphatic rings. The molecule has 0 aliphatic heterocycles. The highest BCUT2D eigenvalue weighted by Crippen LogP contribution is 2.24. The number of benzene rings is 2. The van der Waals surface area contributed by atoms with Gasteiger partial charge in [0, 0.05) is 18.7 Å². The van der Waals surface area contributed by atoms with E-state index in [1.807, 2.05) is 49.4 Å². The first-order chi connectivity index (χ1) is 11.5. The van der Waals surface area contributed by atoms with Gasteiger partial charge in [0.25, 0.3) is 0 Å². The maximum atomic E-state index is 12.3. The first kappa shape index (κ1) is 18.3. The predicted octanol–water partition coefficient (Wildman–Crippen LogP) is 3.83. The Morgan fingerprint density at radius 2 is 1.83 bits per heavy atom. The van der Waals surface area contributed by atoms with Crippen LogP contribution in [0.25, 0.3) is 10.8 Å². The SMILES string of the molecule is COC(=O)C[C@H](CCl)CC(=O)N[C@@H](C)c1cccc2ccccc12. The Hall–Kier alpha value is -2.07. The number of nitrogens with one attached hydrogen (secondary N) is 1. The smallest absolute Gasteiger partial charge is 0.305 e. The van der Waals surface area contributed by atoms with Gasteiger partial charge in [0.1, 0.15) is 0 Å². The minimum atomic E-state index is -0.351. The van der Waals surface area contributed by atoms with E-state index in [0.29, 0.717) is 0 Å². The van der Waals surface area contributed by atoms with Crippen molar-refractivity contribution in [1.82, 2.24) is 5.32 Å². The molecule has 0 radical (unpaired) electrons. The first-order valence-electron chi connectivity index (χ1n) is 7.95. The van der Waals surface area contributed by atoms with Crippen LogP contribution in [0.1, 0.15) is 31.4 Å². The van der Waals surface area contributed by atoms with Crippen molar-refractivity contribution in [1.29, 1.82) is 0 Å². The van der Waals surface area contributed by atoms with E-state index in [4.69, 9.17) is 11.6 Å². The van der Waals surface area contributed by atoms with E-state index >= 15 is 0 Å². The molecule has 2 atom stereocenters. The van der Waals surface area contributed by atoms with Gasteiger partial charge < -0.3 is 10.1 Å². The molecule has 0 saturated carbocycles. The van der Waals surface area contributed by atoms with Crippen molar-refractivity contribution in [3.8, 4) is 0 Å². The number of amides is 1. The zero-order valence-corrected chi connectivity index (χ0v) is 14.7. The molecule has 1 N–H and O–H groups in total. The van der Waals surface area contributed by atoms with Crippen LogP contribution in [0, 0.1) is 5.92 Å². The summed E-state index contributed by atoms with van der Waals surface area (Å²) < 4.78 is 4.63. The van der Waals surface area contributed by atoms with Gasteiger partial charge in [0.05, 0.1) is 13.2 Å². The van der Waals surface area contributed by atoms with Crippen molar-refractivity contribution in [3.05, 3.63) is 48.0 Å². The average molecular weight is 348 g/mol. The maximum Gasteiger partial charge on any atom is 0.305 e. The number of esters is 1. The summed E-state index contributed by atoms with van der Waals surface area (Å²) in [5.41, 5.74) is 1.07. The van der Waals surface area contributed by atoms with Crippen molar-refractivity contribution >= 4 is 34.2 Å². The molecule has 2 aromatic carbocycles. The predicted molar refractivity (Wildman–Crippen MR) is 96.0 cm³/mol. The number of alkyl halides is 1. The van der Waals surface area contributed by atoms with Crippen LogP contribution >= 0.6 is 11.6 Å². The molecule has 128 valence electrons. The molecule has 0 aromatic heterocycles. The summed E-state index contributed by atoms with van der Waals surface area (Å²) >= 11 is 5.86. The van der Waals surface area contributed by atoms with Crippen LogP contribution in [-0.4, -0.2) is 24.9 Å². The largest absolute Gasteiger partial charge is 0.469 e. The van der Waals surface area contributed by atoms with Gasteiger partial charge in [-0.3, -0.25) is 9.59 Å². The van der Waals surface area contributed by atoms with Crippen LogP contribution in [0.5, 0.6) is 0 Å². The van der Waals surface area contributed by atoms with Crippen LogP contribution in [0.4, 0.5) is 0 Å². The highest BCUT2D eigenvalue weighted by atomic mass is 35.5. The molecule has 0 heterocycles. The highest BCUT2D eigenvalue weighted by Gasteiger charge is 2.19. The third-order valence-corrected chi connectivity index (χ3v) is 4.48. The van der Waals surface area contributed by atoms with E-state index in [-0.39, 0.29) is 42.6 Å². The highest BCUT2D eigenvalue weighted by molar-refractivity contribution is 6.18. The lowest BCUT2D eigenvalue weighted by molar-refractivity contribution is -0.141. The lowest BCUT2D eigenvalue weighted by Gasteiger charge is -2.18. The van der Waals surface area contributed by atoms with Gasteiger partial charge in [0.15, 0.2) is 0 Å². The summed E-state index contributed by atoms with van der Waals surface area (Å²) in [6.07, 6.45) is 0.351. The molecule has 2 rings (SSSR count). The number of carbonyl (C=O) groups is 2. The Balaban J connectivity index is 2.04. The molecule has 5 heteroatoms. The van der Waals surface area contributed by atoms with Crippen LogP contribution in [0.3, 0.4) is 0 Å². The third kappa shape index (κ3) is 4.71. The summed E-state index contributed by atoms with van der Waals surface area (Å²) in [4.78, 5) is 23.6. The topological polar surface area (TPSA) is 55.4 Å². The Labute approximate surface area is 147 Å². The van der Waals surface area contributed by atoms with E-state index < -0.39 is 0 Å². The van der Waals surface area contributed by atoms with Crippen molar-refractivity contribution in [2.75, 3.05) is 13.0 Å². The number of hydrogen-bond donors (Lipinski definition) is 1. The van der Waals surface area contributed by atoms with Gasteiger partial charge in [-0.2, -0.15) is 0 Å². The Morgan fingerprint density at radius 1 is 1.12 bits per heavy atom. The minimum Gasteiger partial charge on any atom is -0.469 e. The molecule has 0 saturated heterocycles. The van der Waals surface area contributed by atoms with E-state index in [0.717, 1.165) is 16.3 Å². The van der Waals surface area contributed by atoms with Gasteiger partial charge in [-0.15, -0.1) is 11.6 Å². The third-order valence-electron chi connectivity index (χ3n) is 4.04. The second kappa shape index (κ2) is 8.69. The lowest BCUT2D eigenvalue weighted by Crippen LogP contribution is -2.29. The first-order valence-corrected chi connectivity index (χ1v) is 8.48. The van der Waals surface area contributed by atoms with Crippen molar-refractivity contribution in [2.24, 2.45) is 5.92 Å². The number of halogens is 1.